The van der Waals surface area contributed by atoms with Crippen molar-refractivity contribution in [3.05, 3.63) is 0 Å². The average molecular weight is 452 g/mol. The quantitative estimate of drug-likeness (QED) is 0.366. The zero-order chi connectivity index (χ0) is 20.1. The molecule has 0 aromatic heterocycles. The predicted molar refractivity (Wildman–Crippen MR) is 126 cm³/mol. The van der Waals surface area contributed by atoms with Gasteiger partial charge in [-0.05, 0) is 104 Å². The van der Waals surface area contributed by atoms with Crippen molar-refractivity contribution in [2.45, 2.75) is 116 Å². The minimum Gasteiger partial charge on any atom is -0.0885 e. The normalized spacial score (nSPS) is 49.4. The molecule has 1 unspecified atom stereocenters. The van der Waals surface area contributed by atoms with E-state index in [1.165, 1.54) is 64.2 Å². The Balaban J connectivity index is 1.49. The third-order valence-corrected chi connectivity index (χ3v) is 12.3. The van der Waals surface area contributed by atoms with E-state index < -0.39 is 0 Å². The van der Waals surface area contributed by atoms with Crippen molar-refractivity contribution < 1.29 is 0 Å². The van der Waals surface area contributed by atoms with Crippen LogP contribution in [0.1, 0.15) is 112 Å². The topological polar surface area (TPSA) is 0 Å². The summed E-state index contributed by atoms with van der Waals surface area (Å²) in [6.45, 7) is 12.8. The molecule has 0 aromatic rings. The van der Waals surface area contributed by atoms with Gasteiger partial charge in [-0.25, -0.2) is 0 Å². The first kappa shape index (κ1) is 21.7. The number of hydrogen-bond donors (Lipinski definition) is 0. The Morgan fingerprint density at radius 3 is 2.39 bits per heavy atom. The second-order valence-corrected chi connectivity index (χ2v) is 13.6. The van der Waals surface area contributed by atoms with Crippen molar-refractivity contribution in [3.63, 3.8) is 0 Å². The first-order chi connectivity index (χ1) is 13.3. The van der Waals surface area contributed by atoms with Crippen molar-refractivity contribution >= 4 is 15.9 Å². The van der Waals surface area contributed by atoms with Crippen LogP contribution < -0.4 is 0 Å². The van der Waals surface area contributed by atoms with Crippen molar-refractivity contribution in [1.82, 2.24) is 0 Å². The molecule has 0 nitrogen and oxygen atoms in total. The predicted octanol–water partition coefficient (Wildman–Crippen LogP) is 8.87. The lowest BCUT2D eigenvalue weighted by Gasteiger charge is -2.62. The average Bonchev–Trinajstić information content (AvgIpc) is 3.00. The summed E-state index contributed by atoms with van der Waals surface area (Å²) in [7, 11) is 0. The molecule has 0 N–H and O–H groups in total. The Morgan fingerprint density at radius 1 is 0.857 bits per heavy atom. The number of fused-ring (bicyclic) bond motifs is 5. The van der Waals surface area contributed by atoms with E-state index in [0.29, 0.717) is 10.8 Å². The second kappa shape index (κ2) is 8.20. The molecule has 0 bridgehead atoms. The van der Waals surface area contributed by atoms with Gasteiger partial charge in [-0.1, -0.05) is 76.2 Å². The molecule has 0 heterocycles. The molecule has 4 saturated carbocycles. The van der Waals surface area contributed by atoms with E-state index >= 15 is 0 Å². The summed E-state index contributed by atoms with van der Waals surface area (Å²) in [4.78, 5) is 0.781. The molecule has 9 atom stereocenters. The Kier molecular flexibility index (Phi) is 6.35. The Labute approximate surface area is 184 Å². The highest BCUT2D eigenvalue weighted by atomic mass is 79.9. The lowest BCUT2D eigenvalue weighted by molar-refractivity contribution is -0.110. The number of alkyl halides is 1. The van der Waals surface area contributed by atoms with Crippen molar-refractivity contribution in [1.29, 1.82) is 0 Å². The minimum atomic E-state index is 0.587. The van der Waals surface area contributed by atoms with E-state index in [0.717, 1.165) is 46.3 Å². The molecule has 4 rings (SSSR count). The zero-order valence-corrected chi connectivity index (χ0v) is 21.1. The molecular weight excluding hydrogens is 404 g/mol. The number of rotatable bonds is 5. The van der Waals surface area contributed by atoms with Crippen molar-refractivity contribution in [3.8, 4) is 0 Å². The third-order valence-electron chi connectivity index (χ3n) is 10.9. The van der Waals surface area contributed by atoms with Crippen LogP contribution >= 0.6 is 15.9 Å². The van der Waals surface area contributed by atoms with E-state index in [2.05, 4.69) is 50.5 Å². The van der Waals surface area contributed by atoms with Gasteiger partial charge in [0.2, 0.25) is 0 Å². The largest absolute Gasteiger partial charge is 0.0885 e. The maximum Gasteiger partial charge on any atom is 0.0205 e. The lowest BCUT2D eigenvalue weighted by Crippen LogP contribution is -2.56. The maximum atomic E-state index is 4.21. The summed E-state index contributed by atoms with van der Waals surface area (Å²) < 4.78 is 0. The van der Waals surface area contributed by atoms with Gasteiger partial charge in [-0.3, -0.25) is 0 Å². The van der Waals surface area contributed by atoms with E-state index in [9.17, 15) is 0 Å². The molecule has 0 saturated heterocycles. The van der Waals surface area contributed by atoms with Gasteiger partial charge in [0.05, 0.1) is 0 Å². The van der Waals surface area contributed by atoms with Crippen LogP contribution in [0.2, 0.25) is 0 Å². The molecule has 1 heteroatoms. The molecule has 28 heavy (non-hydrogen) atoms. The fourth-order valence-electron chi connectivity index (χ4n) is 9.29. The summed E-state index contributed by atoms with van der Waals surface area (Å²) in [5.41, 5.74) is 1.24. The van der Waals surface area contributed by atoms with Gasteiger partial charge in [0, 0.05) is 4.83 Å². The van der Waals surface area contributed by atoms with Crippen LogP contribution in [0, 0.1) is 52.3 Å². The smallest absolute Gasteiger partial charge is 0.0205 e. The first-order valence-corrected chi connectivity index (χ1v) is 13.8. The fraction of sp³-hybridized carbons (Fsp3) is 1.00. The van der Waals surface area contributed by atoms with E-state index in [1.54, 1.807) is 12.8 Å². The third kappa shape index (κ3) is 3.46. The highest BCUT2D eigenvalue weighted by Crippen LogP contribution is 2.69. The van der Waals surface area contributed by atoms with Gasteiger partial charge < -0.3 is 0 Å². The summed E-state index contributed by atoms with van der Waals surface area (Å²) in [6, 6.07) is 0. The van der Waals surface area contributed by atoms with Crippen LogP contribution in [-0.2, 0) is 0 Å². The molecular formula is C27H47Br. The summed E-state index contributed by atoms with van der Waals surface area (Å²) in [5.74, 6) is 6.89. The molecule has 0 spiro atoms. The van der Waals surface area contributed by atoms with Gasteiger partial charge >= 0.3 is 0 Å². The van der Waals surface area contributed by atoms with Crippen LogP contribution in [0.3, 0.4) is 0 Å². The van der Waals surface area contributed by atoms with Crippen molar-refractivity contribution in [2.24, 2.45) is 52.3 Å². The SMILES string of the molecule is CC(C)CCC[C@H](C)[C@@H]1CC[C@H]2[C@H]3CC[C@H]4CCCC(Br)[C@]4(C)[C@H]3CC[C@@]21C. The molecule has 4 aliphatic rings. The van der Waals surface area contributed by atoms with Gasteiger partial charge in [0.1, 0.15) is 0 Å². The molecule has 162 valence electrons. The Hall–Kier alpha value is 0.480. The lowest BCUT2D eigenvalue weighted by atomic mass is 9.44. The van der Waals surface area contributed by atoms with Crippen LogP contribution in [0.5, 0.6) is 0 Å². The first-order valence-electron chi connectivity index (χ1n) is 12.9. The minimum absolute atomic E-state index is 0.587. The van der Waals surface area contributed by atoms with E-state index in [-0.39, 0.29) is 0 Å². The van der Waals surface area contributed by atoms with Crippen molar-refractivity contribution in [2.75, 3.05) is 0 Å². The van der Waals surface area contributed by atoms with Crippen LogP contribution in [-0.4, -0.2) is 4.83 Å². The molecule has 0 amide bonds. The number of halogens is 1. The molecule has 0 radical (unpaired) electrons. The number of hydrogen-bond acceptors (Lipinski definition) is 0. The van der Waals surface area contributed by atoms with Gasteiger partial charge in [0.15, 0.2) is 0 Å². The van der Waals surface area contributed by atoms with E-state index in [4.69, 9.17) is 0 Å². The van der Waals surface area contributed by atoms with Crippen LogP contribution in [0.4, 0.5) is 0 Å². The van der Waals surface area contributed by atoms with Gasteiger partial charge in [-0.15, -0.1) is 0 Å². The second-order valence-electron chi connectivity index (χ2n) is 12.4. The summed E-state index contributed by atoms with van der Waals surface area (Å²) in [6.07, 6.45) is 18.0. The highest BCUT2D eigenvalue weighted by Gasteiger charge is 2.61. The Morgan fingerprint density at radius 2 is 1.64 bits per heavy atom. The monoisotopic (exact) mass is 450 g/mol. The zero-order valence-electron chi connectivity index (χ0n) is 19.5. The molecule has 4 fully saturated rings. The van der Waals surface area contributed by atoms with E-state index in [1.807, 2.05) is 0 Å². The molecule has 4 aliphatic carbocycles. The van der Waals surface area contributed by atoms with Crippen LogP contribution in [0.15, 0.2) is 0 Å². The standard InChI is InChI=1S/C27H47Br/c1-18(2)8-6-9-19(3)22-14-15-23-21-13-12-20-10-7-11-25(28)27(20,5)24(21)16-17-26(22,23)4/h18-25H,6-17H2,1-5H3/t19-,20+,21+,22-,23-,24-,25?,26+,27-/m0/s1. The maximum absolute atomic E-state index is 4.21. The summed E-state index contributed by atoms with van der Waals surface area (Å²) in [5, 5.41) is 0. The fourth-order valence-corrected chi connectivity index (χ4v) is 10.3. The van der Waals surface area contributed by atoms with Gasteiger partial charge in [0.25, 0.3) is 0 Å². The molecule has 0 aromatic carbocycles. The van der Waals surface area contributed by atoms with Crippen LogP contribution in [0.25, 0.3) is 0 Å². The highest BCUT2D eigenvalue weighted by molar-refractivity contribution is 9.09. The molecule has 0 aliphatic heterocycles. The van der Waals surface area contributed by atoms with Gasteiger partial charge in [-0.2, -0.15) is 0 Å². The summed E-state index contributed by atoms with van der Waals surface area (Å²) >= 11 is 4.21. The Bertz CT molecular complexity index is 540.